The summed E-state index contributed by atoms with van der Waals surface area (Å²) in [6, 6.07) is 10.1. The fourth-order valence-electron chi connectivity index (χ4n) is 2.00. The first-order chi connectivity index (χ1) is 10.3. The Balaban J connectivity index is 2.46. The third kappa shape index (κ3) is 3.72. The molecule has 4 nitrogen and oxygen atoms in total. The summed E-state index contributed by atoms with van der Waals surface area (Å²) >= 11 is 5.94. The summed E-state index contributed by atoms with van der Waals surface area (Å²) in [5.74, 6) is 0.334. The molecule has 0 radical (unpaired) electrons. The molecule has 0 fully saturated rings. The Morgan fingerprint density at radius 1 is 1.14 bits per heavy atom. The Morgan fingerprint density at radius 3 is 2.55 bits per heavy atom. The predicted molar refractivity (Wildman–Crippen MR) is 89.3 cm³/mol. The van der Waals surface area contributed by atoms with Gasteiger partial charge >= 0.3 is 0 Å². The van der Waals surface area contributed by atoms with Gasteiger partial charge in [0.05, 0.1) is 12.3 Å². The quantitative estimate of drug-likeness (QED) is 0.890. The average Bonchev–Trinajstić information content (AvgIpc) is 2.45. The van der Waals surface area contributed by atoms with Gasteiger partial charge in [-0.1, -0.05) is 23.7 Å². The number of benzene rings is 2. The first kappa shape index (κ1) is 16.6. The molecule has 1 N–H and O–H groups in total. The van der Waals surface area contributed by atoms with Gasteiger partial charge in [-0.3, -0.25) is 4.72 Å². The van der Waals surface area contributed by atoms with E-state index in [-0.39, 0.29) is 4.90 Å². The van der Waals surface area contributed by atoms with E-state index in [4.69, 9.17) is 16.3 Å². The molecule has 0 atom stereocenters. The van der Waals surface area contributed by atoms with E-state index >= 15 is 0 Å². The Morgan fingerprint density at radius 2 is 1.86 bits per heavy atom. The molecule has 0 aliphatic rings. The average molecular weight is 340 g/mol. The van der Waals surface area contributed by atoms with Gasteiger partial charge < -0.3 is 4.74 Å². The highest BCUT2D eigenvalue weighted by atomic mass is 35.5. The van der Waals surface area contributed by atoms with Crippen LogP contribution in [0.5, 0.6) is 5.75 Å². The van der Waals surface area contributed by atoms with E-state index in [2.05, 4.69) is 4.72 Å². The highest BCUT2D eigenvalue weighted by Crippen LogP contribution is 2.29. The zero-order valence-corrected chi connectivity index (χ0v) is 14.3. The van der Waals surface area contributed by atoms with Crippen molar-refractivity contribution >= 4 is 27.3 Å². The van der Waals surface area contributed by atoms with Crippen LogP contribution < -0.4 is 9.46 Å². The first-order valence-electron chi connectivity index (χ1n) is 6.86. The molecule has 0 aliphatic heterocycles. The predicted octanol–water partition coefficient (Wildman–Crippen LogP) is 4.16. The van der Waals surface area contributed by atoms with E-state index in [1.807, 2.05) is 26.8 Å². The monoisotopic (exact) mass is 339 g/mol. The second kappa shape index (κ2) is 6.58. The molecule has 0 aliphatic carbocycles. The lowest BCUT2D eigenvalue weighted by Gasteiger charge is -2.14. The van der Waals surface area contributed by atoms with Crippen molar-refractivity contribution in [2.24, 2.45) is 0 Å². The highest BCUT2D eigenvalue weighted by Gasteiger charge is 2.21. The van der Waals surface area contributed by atoms with E-state index < -0.39 is 10.0 Å². The zero-order valence-electron chi connectivity index (χ0n) is 12.7. The van der Waals surface area contributed by atoms with Crippen molar-refractivity contribution in [2.75, 3.05) is 11.3 Å². The molecular weight excluding hydrogens is 322 g/mol. The number of aryl methyl sites for hydroxylation is 2. The zero-order chi connectivity index (χ0) is 16.3. The molecule has 2 rings (SSSR count). The smallest absolute Gasteiger partial charge is 0.265 e. The van der Waals surface area contributed by atoms with Gasteiger partial charge in [-0.2, -0.15) is 0 Å². The van der Waals surface area contributed by atoms with Gasteiger partial charge in [0.1, 0.15) is 10.6 Å². The van der Waals surface area contributed by atoms with Crippen LogP contribution in [0.1, 0.15) is 18.1 Å². The summed E-state index contributed by atoms with van der Waals surface area (Å²) in [6.07, 6.45) is 0. The molecule has 0 aromatic heterocycles. The molecular formula is C16H18ClNO3S. The van der Waals surface area contributed by atoms with Crippen LogP contribution in [0, 0.1) is 13.8 Å². The first-order valence-corrected chi connectivity index (χ1v) is 8.72. The van der Waals surface area contributed by atoms with Crippen molar-refractivity contribution in [1.82, 2.24) is 0 Å². The molecule has 0 saturated carbocycles. The molecule has 0 amide bonds. The Labute approximate surface area is 136 Å². The summed E-state index contributed by atoms with van der Waals surface area (Å²) in [5, 5.41) is 0.470. The van der Waals surface area contributed by atoms with Crippen LogP contribution in [0.4, 0.5) is 5.69 Å². The van der Waals surface area contributed by atoms with Crippen molar-refractivity contribution in [3.05, 3.63) is 52.5 Å². The minimum absolute atomic E-state index is 0.119. The largest absolute Gasteiger partial charge is 0.492 e. The van der Waals surface area contributed by atoms with Crippen LogP contribution in [0.25, 0.3) is 0 Å². The van der Waals surface area contributed by atoms with Crippen LogP contribution in [0.3, 0.4) is 0 Å². The lowest BCUT2D eigenvalue weighted by Crippen LogP contribution is -2.15. The number of ether oxygens (including phenoxy) is 1. The lowest BCUT2D eigenvalue weighted by atomic mass is 10.2. The molecule has 0 spiro atoms. The summed E-state index contributed by atoms with van der Waals surface area (Å²) in [7, 11) is -3.76. The second-order valence-electron chi connectivity index (χ2n) is 4.95. The maximum absolute atomic E-state index is 12.7. The molecule has 2 aromatic carbocycles. The fourth-order valence-corrected chi connectivity index (χ4v) is 3.53. The highest BCUT2D eigenvalue weighted by molar-refractivity contribution is 7.92. The minimum atomic E-state index is -3.76. The van der Waals surface area contributed by atoms with E-state index in [0.717, 1.165) is 11.1 Å². The number of anilines is 1. The second-order valence-corrected chi connectivity index (χ2v) is 7.04. The summed E-state index contributed by atoms with van der Waals surface area (Å²) in [4.78, 5) is 0.119. The normalized spacial score (nSPS) is 11.3. The van der Waals surface area contributed by atoms with Crippen molar-refractivity contribution in [3.63, 3.8) is 0 Å². The van der Waals surface area contributed by atoms with Crippen molar-refractivity contribution in [3.8, 4) is 5.75 Å². The standard InChI is InChI=1S/C16H18ClNO3S/c1-4-21-15-8-5-11(2)9-16(15)22(19,20)18-14-10-13(17)7-6-12(14)3/h5-10,18H,4H2,1-3H3. The lowest BCUT2D eigenvalue weighted by molar-refractivity contribution is 0.331. The summed E-state index contributed by atoms with van der Waals surface area (Å²) in [6.45, 7) is 5.85. The molecule has 22 heavy (non-hydrogen) atoms. The van der Waals surface area contributed by atoms with Gasteiger partial charge in [-0.15, -0.1) is 0 Å². The van der Waals surface area contributed by atoms with Crippen molar-refractivity contribution in [1.29, 1.82) is 0 Å². The van der Waals surface area contributed by atoms with Crippen LogP contribution in [0.2, 0.25) is 5.02 Å². The molecule has 6 heteroatoms. The molecule has 2 aromatic rings. The summed E-state index contributed by atoms with van der Waals surface area (Å²) in [5.41, 5.74) is 2.08. The molecule has 0 heterocycles. The van der Waals surface area contributed by atoms with Crippen molar-refractivity contribution < 1.29 is 13.2 Å². The number of rotatable bonds is 5. The molecule has 0 saturated heterocycles. The molecule has 118 valence electrons. The van der Waals surface area contributed by atoms with Gasteiger partial charge in [0.15, 0.2) is 0 Å². The van der Waals surface area contributed by atoms with Crippen LogP contribution in [-0.2, 0) is 10.0 Å². The van der Waals surface area contributed by atoms with Crippen molar-refractivity contribution in [2.45, 2.75) is 25.7 Å². The maximum atomic E-state index is 12.7. The SMILES string of the molecule is CCOc1ccc(C)cc1S(=O)(=O)Nc1cc(Cl)ccc1C. The van der Waals surface area contributed by atoms with Gasteiger partial charge in [0.25, 0.3) is 10.0 Å². The van der Waals surface area contributed by atoms with E-state index in [1.54, 1.807) is 30.3 Å². The van der Waals surface area contributed by atoms with Crippen LogP contribution in [0.15, 0.2) is 41.3 Å². The van der Waals surface area contributed by atoms with Crippen LogP contribution >= 0.6 is 11.6 Å². The Kier molecular flexibility index (Phi) is 4.98. The van der Waals surface area contributed by atoms with E-state index in [1.165, 1.54) is 0 Å². The number of halogens is 1. The summed E-state index contributed by atoms with van der Waals surface area (Å²) < 4.78 is 33.4. The third-order valence-electron chi connectivity index (χ3n) is 3.13. The number of hydrogen-bond acceptors (Lipinski definition) is 3. The fraction of sp³-hybridized carbons (Fsp3) is 0.250. The van der Waals surface area contributed by atoms with Crippen LogP contribution in [-0.4, -0.2) is 15.0 Å². The van der Waals surface area contributed by atoms with Gasteiger partial charge in [-0.25, -0.2) is 8.42 Å². The van der Waals surface area contributed by atoms with Gasteiger partial charge in [0, 0.05) is 5.02 Å². The topological polar surface area (TPSA) is 55.4 Å². The third-order valence-corrected chi connectivity index (χ3v) is 4.75. The number of sulfonamides is 1. The number of nitrogens with one attached hydrogen (secondary N) is 1. The molecule has 0 unspecified atom stereocenters. The number of hydrogen-bond donors (Lipinski definition) is 1. The molecule has 0 bridgehead atoms. The Bertz CT molecular complexity index is 788. The van der Waals surface area contributed by atoms with Gasteiger partial charge in [0.2, 0.25) is 0 Å². The van der Waals surface area contributed by atoms with E-state index in [9.17, 15) is 8.42 Å². The minimum Gasteiger partial charge on any atom is -0.492 e. The van der Waals surface area contributed by atoms with E-state index in [0.29, 0.717) is 23.1 Å². The maximum Gasteiger partial charge on any atom is 0.265 e. The van der Waals surface area contributed by atoms with Gasteiger partial charge in [-0.05, 0) is 56.2 Å². The Hall–Kier alpha value is -1.72.